The summed E-state index contributed by atoms with van der Waals surface area (Å²) < 4.78 is 29.7. The minimum Gasteiger partial charge on any atom is -0.305 e. The Bertz CT molecular complexity index is 894. The number of nitrogens with zero attached hydrogens (tertiary/aromatic N) is 4. The van der Waals surface area contributed by atoms with E-state index in [-0.39, 0.29) is 27.3 Å². The van der Waals surface area contributed by atoms with Crippen molar-refractivity contribution >= 4 is 35.8 Å². The molecule has 1 aromatic carbocycles. The van der Waals surface area contributed by atoms with Gasteiger partial charge in [-0.2, -0.15) is 0 Å². The maximum Gasteiger partial charge on any atom is 0.188 e. The van der Waals surface area contributed by atoms with Gasteiger partial charge in [0, 0.05) is 24.2 Å². The van der Waals surface area contributed by atoms with Crippen LogP contribution in [-0.4, -0.2) is 19.7 Å². The van der Waals surface area contributed by atoms with Gasteiger partial charge < -0.3 is 4.57 Å². The van der Waals surface area contributed by atoms with Crippen LogP contribution in [0.3, 0.4) is 0 Å². The average Bonchev–Trinajstić information content (AvgIpc) is 2.76. The van der Waals surface area contributed by atoms with Gasteiger partial charge in [-0.15, -0.1) is 22.8 Å². The summed E-state index contributed by atoms with van der Waals surface area (Å²) in [5, 5.41) is 8.20. The smallest absolute Gasteiger partial charge is 0.188 e. The average molecular weight is 373 g/mol. The van der Waals surface area contributed by atoms with Crippen LogP contribution >= 0.6 is 35.8 Å². The third kappa shape index (κ3) is 3.04. The van der Waals surface area contributed by atoms with Crippen molar-refractivity contribution in [3.8, 4) is 22.5 Å². The molecule has 0 saturated carbocycles. The first kappa shape index (κ1) is 16.2. The van der Waals surface area contributed by atoms with Crippen LogP contribution in [0.2, 0.25) is 10.3 Å². The first-order chi connectivity index (χ1) is 10.9. The van der Waals surface area contributed by atoms with Crippen molar-refractivity contribution < 1.29 is 8.78 Å². The molecule has 0 radical (unpaired) electrons. The van der Waals surface area contributed by atoms with E-state index in [0.717, 1.165) is 12.1 Å². The largest absolute Gasteiger partial charge is 0.305 e. The Hall–Kier alpha value is -1.70. The van der Waals surface area contributed by atoms with Gasteiger partial charge in [0.25, 0.3) is 0 Å². The lowest BCUT2D eigenvalue weighted by molar-refractivity contribution is 0.586. The van der Waals surface area contributed by atoms with E-state index in [9.17, 15) is 8.78 Å². The predicted octanol–water partition coefficient (Wildman–Crippen LogP) is 4.42. The number of rotatable bonds is 2. The summed E-state index contributed by atoms with van der Waals surface area (Å²) in [6.07, 6.45) is 0. The Balaban J connectivity index is 2.34. The zero-order valence-electron chi connectivity index (χ0n) is 11.6. The fourth-order valence-electron chi connectivity index (χ4n) is 2.21. The van der Waals surface area contributed by atoms with E-state index in [1.807, 2.05) is 0 Å². The monoisotopic (exact) mass is 372 g/mol. The summed E-state index contributed by atoms with van der Waals surface area (Å²) in [5.74, 6) is -1.26. The summed E-state index contributed by atoms with van der Waals surface area (Å²) in [5.41, 5.74) is 0.656. The van der Waals surface area contributed by atoms with Crippen molar-refractivity contribution in [3.63, 3.8) is 0 Å². The number of pyridine rings is 1. The zero-order valence-corrected chi connectivity index (χ0v) is 14.0. The van der Waals surface area contributed by atoms with E-state index in [4.69, 9.17) is 23.2 Å². The lowest BCUT2D eigenvalue weighted by Crippen LogP contribution is -1.99. The van der Waals surface area contributed by atoms with Gasteiger partial charge in [-0.3, -0.25) is 0 Å². The van der Waals surface area contributed by atoms with E-state index in [0.29, 0.717) is 10.7 Å². The van der Waals surface area contributed by atoms with Gasteiger partial charge in [-0.25, -0.2) is 13.8 Å². The third-order valence-corrected chi connectivity index (χ3v) is 3.98. The quantitative estimate of drug-likeness (QED) is 0.534. The molecule has 2 aromatic heterocycles. The maximum atomic E-state index is 14.5. The van der Waals surface area contributed by atoms with Crippen LogP contribution in [0.4, 0.5) is 8.78 Å². The Kier molecular flexibility index (Phi) is 4.27. The van der Waals surface area contributed by atoms with Gasteiger partial charge in [0.1, 0.15) is 21.9 Å². The molecule has 0 aliphatic rings. The normalized spacial score (nSPS) is 11.0. The number of benzene rings is 1. The van der Waals surface area contributed by atoms with E-state index >= 15 is 0 Å². The Morgan fingerprint density at radius 2 is 1.70 bits per heavy atom. The SMILES string of the molecule is Cn1c(S)nnc1-c1cc(F)cc(F)c1-c1cc(Cl)nc(Cl)c1. The van der Waals surface area contributed by atoms with Gasteiger partial charge in [-0.1, -0.05) is 23.2 Å². The minimum atomic E-state index is -0.776. The second-order valence-corrected chi connectivity index (χ2v) is 5.87. The van der Waals surface area contributed by atoms with Crippen molar-refractivity contribution in [2.45, 2.75) is 5.16 Å². The summed E-state index contributed by atoms with van der Waals surface area (Å²) >= 11 is 15.9. The highest BCUT2D eigenvalue weighted by Gasteiger charge is 2.20. The van der Waals surface area contributed by atoms with E-state index in [1.165, 1.54) is 16.7 Å². The van der Waals surface area contributed by atoms with Crippen molar-refractivity contribution in [3.05, 3.63) is 46.2 Å². The second kappa shape index (κ2) is 6.07. The molecule has 4 nitrogen and oxygen atoms in total. The first-order valence-corrected chi connectivity index (χ1v) is 7.48. The molecule has 0 aliphatic heterocycles. The summed E-state index contributed by atoms with van der Waals surface area (Å²) in [6.45, 7) is 0. The van der Waals surface area contributed by atoms with Gasteiger partial charge in [0.05, 0.1) is 0 Å². The molecular formula is C14H8Cl2F2N4S. The molecule has 0 aliphatic carbocycles. The van der Waals surface area contributed by atoms with Gasteiger partial charge in [-0.05, 0) is 23.8 Å². The van der Waals surface area contributed by atoms with Crippen molar-refractivity contribution in [1.29, 1.82) is 0 Å². The molecule has 3 aromatic rings. The lowest BCUT2D eigenvalue weighted by Gasteiger charge is -2.12. The fraction of sp³-hybridized carbons (Fsp3) is 0.0714. The van der Waals surface area contributed by atoms with Gasteiger partial charge in [0.2, 0.25) is 0 Å². The van der Waals surface area contributed by atoms with Gasteiger partial charge >= 0.3 is 0 Å². The molecule has 0 spiro atoms. The van der Waals surface area contributed by atoms with Crippen LogP contribution in [0.1, 0.15) is 0 Å². The van der Waals surface area contributed by atoms with Crippen molar-refractivity contribution in [2.24, 2.45) is 7.05 Å². The third-order valence-electron chi connectivity index (χ3n) is 3.20. The molecule has 0 bridgehead atoms. The topological polar surface area (TPSA) is 43.6 Å². The molecule has 23 heavy (non-hydrogen) atoms. The van der Waals surface area contributed by atoms with Gasteiger partial charge in [0.15, 0.2) is 11.0 Å². The molecule has 0 amide bonds. The van der Waals surface area contributed by atoms with Crippen LogP contribution < -0.4 is 0 Å². The number of hydrogen-bond acceptors (Lipinski definition) is 4. The summed E-state index contributed by atoms with van der Waals surface area (Å²) in [6, 6.07) is 4.81. The number of aromatic nitrogens is 4. The highest BCUT2D eigenvalue weighted by molar-refractivity contribution is 7.80. The van der Waals surface area contributed by atoms with Crippen LogP contribution in [0.25, 0.3) is 22.5 Å². The molecule has 0 unspecified atom stereocenters. The molecule has 0 saturated heterocycles. The highest BCUT2D eigenvalue weighted by atomic mass is 35.5. The number of thiol groups is 1. The van der Waals surface area contributed by atoms with Crippen LogP contribution in [0.5, 0.6) is 0 Å². The molecule has 0 fully saturated rings. The molecule has 3 rings (SSSR count). The highest BCUT2D eigenvalue weighted by Crippen LogP contribution is 2.36. The Morgan fingerprint density at radius 3 is 2.26 bits per heavy atom. The molecule has 0 atom stereocenters. The zero-order chi connectivity index (χ0) is 16.7. The maximum absolute atomic E-state index is 14.5. The number of halogens is 4. The molecular weight excluding hydrogens is 365 g/mol. The lowest BCUT2D eigenvalue weighted by atomic mass is 9.99. The van der Waals surface area contributed by atoms with Crippen LogP contribution in [0, 0.1) is 11.6 Å². The van der Waals surface area contributed by atoms with Crippen molar-refractivity contribution in [1.82, 2.24) is 19.7 Å². The van der Waals surface area contributed by atoms with E-state index in [2.05, 4.69) is 27.8 Å². The molecule has 9 heteroatoms. The second-order valence-electron chi connectivity index (χ2n) is 4.69. The van der Waals surface area contributed by atoms with Crippen LogP contribution in [0.15, 0.2) is 29.4 Å². The van der Waals surface area contributed by atoms with Crippen LogP contribution in [-0.2, 0) is 7.05 Å². The minimum absolute atomic E-state index is 0.0926. The van der Waals surface area contributed by atoms with Crippen molar-refractivity contribution in [2.75, 3.05) is 0 Å². The van der Waals surface area contributed by atoms with E-state index in [1.54, 1.807) is 7.05 Å². The summed E-state index contributed by atoms with van der Waals surface area (Å²) in [4.78, 5) is 3.82. The molecule has 2 heterocycles. The predicted molar refractivity (Wildman–Crippen MR) is 86.9 cm³/mol. The molecule has 0 N–H and O–H groups in total. The number of hydrogen-bond donors (Lipinski definition) is 1. The Morgan fingerprint density at radius 1 is 1.04 bits per heavy atom. The molecule has 118 valence electrons. The standard InChI is InChI=1S/C14H8Cl2F2N4S/c1-22-13(20-21-14(22)23)8-4-7(17)5-9(18)12(8)6-2-10(15)19-11(16)3-6/h2-5H,1H3,(H,21,23). The summed E-state index contributed by atoms with van der Waals surface area (Å²) in [7, 11) is 1.64. The fourth-order valence-corrected chi connectivity index (χ4v) is 2.81. The van der Waals surface area contributed by atoms with E-state index < -0.39 is 11.6 Å². The first-order valence-electron chi connectivity index (χ1n) is 6.28. The Labute approximate surface area is 145 Å².